The number of carbonyl (C=O) groups excluding carboxylic acids is 4. The molecule has 2 fully saturated rings. The van der Waals surface area contributed by atoms with E-state index in [1.165, 1.54) is 25.7 Å². The molecule has 0 aliphatic carbocycles. The van der Waals surface area contributed by atoms with Gasteiger partial charge in [0.25, 0.3) is 11.8 Å². The molecule has 4 amide bonds. The van der Waals surface area contributed by atoms with Gasteiger partial charge < -0.3 is 21.3 Å². The highest BCUT2D eigenvalue weighted by molar-refractivity contribution is 5.99. The number of rotatable bonds is 4. The number of benzene rings is 2. The summed E-state index contributed by atoms with van der Waals surface area (Å²) in [5.74, 6) is -0.919. The summed E-state index contributed by atoms with van der Waals surface area (Å²) in [5.41, 5.74) is 12.4. The smallest absolute Gasteiger partial charge is 0.253 e. The van der Waals surface area contributed by atoms with Gasteiger partial charge >= 0.3 is 0 Å². The Morgan fingerprint density at radius 3 is 1.33 bits per heavy atom. The first kappa shape index (κ1) is 26.9. The normalized spacial score (nSPS) is 16.1. The molecule has 2 saturated heterocycles. The van der Waals surface area contributed by atoms with Crippen molar-refractivity contribution in [1.29, 1.82) is 0 Å². The molecule has 0 bridgehead atoms. The zero-order chi connectivity index (χ0) is 25.9. The van der Waals surface area contributed by atoms with Crippen molar-refractivity contribution in [3.05, 3.63) is 70.8 Å². The molecular formula is C28H36N4O4. The molecule has 2 aromatic rings. The van der Waals surface area contributed by atoms with Crippen molar-refractivity contribution < 1.29 is 19.2 Å². The first-order valence-electron chi connectivity index (χ1n) is 12.7. The fourth-order valence-electron chi connectivity index (χ4n) is 4.50. The van der Waals surface area contributed by atoms with Crippen LogP contribution >= 0.6 is 0 Å². The first-order valence-corrected chi connectivity index (χ1v) is 12.7. The molecule has 8 nitrogen and oxygen atoms in total. The maximum Gasteiger partial charge on any atom is 0.253 e. The minimum atomic E-state index is -0.500. The lowest BCUT2D eigenvalue weighted by atomic mass is 10.1. The average Bonchev–Trinajstić information content (AvgIpc) is 3.34. The Labute approximate surface area is 212 Å². The quantitative estimate of drug-likeness (QED) is 0.676. The van der Waals surface area contributed by atoms with Gasteiger partial charge in [0.1, 0.15) is 0 Å². The second-order valence-electron chi connectivity index (χ2n) is 9.30. The molecule has 2 aliphatic rings. The molecule has 2 aliphatic heterocycles. The molecule has 4 N–H and O–H groups in total. The molecule has 0 atom stereocenters. The lowest BCUT2D eigenvalue weighted by Gasteiger charge is -2.20. The van der Waals surface area contributed by atoms with Gasteiger partial charge in [-0.3, -0.25) is 19.2 Å². The van der Waals surface area contributed by atoms with E-state index in [2.05, 4.69) is 0 Å². The zero-order valence-electron chi connectivity index (χ0n) is 20.8. The second-order valence-corrected chi connectivity index (χ2v) is 9.30. The fourth-order valence-corrected chi connectivity index (χ4v) is 4.50. The largest absolute Gasteiger partial charge is 0.366 e. The topological polar surface area (TPSA) is 127 Å². The summed E-state index contributed by atoms with van der Waals surface area (Å²) in [7, 11) is 0. The van der Waals surface area contributed by atoms with Gasteiger partial charge in [-0.2, -0.15) is 0 Å². The van der Waals surface area contributed by atoms with Crippen molar-refractivity contribution in [1.82, 2.24) is 9.80 Å². The molecule has 0 saturated carbocycles. The van der Waals surface area contributed by atoms with Crippen LogP contribution in [0.15, 0.2) is 48.5 Å². The maximum atomic E-state index is 12.3. The standard InChI is InChI=1S/2C14H18N2O2/c15-13(17)11-5-7-12(8-6-11)14(18)16-9-3-1-2-4-10-16;15-13(17)11-6-5-7-12(10-11)14(18)16-8-3-1-2-4-9-16/h5-8H,1-4,9-10H2,(H2,15,17);5-7,10H,1-4,8-9H2,(H2,15,17). The number of carbonyl (C=O) groups is 4. The number of primary amides is 2. The van der Waals surface area contributed by atoms with Gasteiger partial charge in [0.15, 0.2) is 0 Å². The van der Waals surface area contributed by atoms with Crippen molar-refractivity contribution in [2.75, 3.05) is 26.2 Å². The summed E-state index contributed by atoms with van der Waals surface area (Å²) in [6.07, 6.45) is 9.03. The van der Waals surface area contributed by atoms with E-state index in [4.69, 9.17) is 11.5 Å². The highest BCUT2D eigenvalue weighted by Gasteiger charge is 2.18. The van der Waals surface area contributed by atoms with Gasteiger partial charge in [-0.05, 0) is 68.1 Å². The average molecular weight is 493 g/mol. The van der Waals surface area contributed by atoms with Gasteiger partial charge in [-0.15, -0.1) is 0 Å². The Hall–Kier alpha value is -3.68. The number of nitrogens with two attached hydrogens (primary N) is 2. The van der Waals surface area contributed by atoms with Crippen LogP contribution < -0.4 is 11.5 Å². The summed E-state index contributed by atoms with van der Waals surface area (Å²) in [5, 5.41) is 0. The van der Waals surface area contributed by atoms with Crippen LogP contribution in [0.4, 0.5) is 0 Å². The van der Waals surface area contributed by atoms with Crippen molar-refractivity contribution in [3.63, 3.8) is 0 Å². The van der Waals surface area contributed by atoms with Crippen LogP contribution in [0.1, 0.15) is 92.8 Å². The third-order valence-electron chi connectivity index (χ3n) is 6.60. The van der Waals surface area contributed by atoms with Crippen LogP contribution in [0.5, 0.6) is 0 Å². The highest BCUT2D eigenvalue weighted by atomic mass is 16.2. The SMILES string of the molecule is NC(=O)c1ccc(C(=O)N2CCCCCC2)cc1.NC(=O)c1cccc(C(=O)N2CCCCCC2)c1. The Balaban J connectivity index is 0.000000201. The van der Waals surface area contributed by atoms with Crippen LogP contribution in [-0.4, -0.2) is 59.6 Å². The van der Waals surface area contributed by atoms with Gasteiger partial charge in [0, 0.05) is 48.4 Å². The summed E-state index contributed by atoms with van der Waals surface area (Å²) in [6, 6.07) is 13.2. The minimum Gasteiger partial charge on any atom is -0.366 e. The zero-order valence-corrected chi connectivity index (χ0v) is 20.8. The van der Waals surface area contributed by atoms with Crippen molar-refractivity contribution in [2.24, 2.45) is 11.5 Å². The molecule has 36 heavy (non-hydrogen) atoms. The third kappa shape index (κ3) is 7.66. The van der Waals surface area contributed by atoms with E-state index < -0.39 is 11.8 Å². The van der Waals surface area contributed by atoms with Crippen molar-refractivity contribution >= 4 is 23.6 Å². The van der Waals surface area contributed by atoms with E-state index in [1.54, 1.807) is 48.5 Å². The van der Waals surface area contributed by atoms with Crippen LogP contribution in [-0.2, 0) is 0 Å². The molecule has 192 valence electrons. The molecule has 2 aromatic carbocycles. The van der Waals surface area contributed by atoms with Crippen LogP contribution in [0.3, 0.4) is 0 Å². The number of hydrogen-bond donors (Lipinski definition) is 2. The van der Waals surface area contributed by atoms with E-state index in [0.29, 0.717) is 22.3 Å². The molecule has 0 unspecified atom stereocenters. The summed E-state index contributed by atoms with van der Waals surface area (Å²) < 4.78 is 0. The molecule has 8 heteroatoms. The van der Waals surface area contributed by atoms with Crippen LogP contribution in [0.25, 0.3) is 0 Å². The molecule has 0 radical (unpaired) electrons. The minimum absolute atomic E-state index is 0.000000000000000444. The van der Waals surface area contributed by atoms with Crippen molar-refractivity contribution in [3.8, 4) is 0 Å². The summed E-state index contributed by atoms with van der Waals surface area (Å²) in [6.45, 7) is 3.27. The molecule has 0 spiro atoms. The molecule has 2 heterocycles. The number of likely N-dealkylation sites (tertiary alicyclic amines) is 2. The van der Waals surface area contributed by atoms with E-state index in [-0.39, 0.29) is 11.8 Å². The van der Waals surface area contributed by atoms with E-state index in [0.717, 1.165) is 51.9 Å². The molecule has 4 rings (SSSR count). The predicted octanol–water partition coefficient (Wildman–Crippen LogP) is 3.60. The number of nitrogens with zero attached hydrogens (tertiary/aromatic N) is 2. The number of hydrogen-bond acceptors (Lipinski definition) is 4. The van der Waals surface area contributed by atoms with E-state index in [9.17, 15) is 19.2 Å². The fraction of sp³-hybridized carbons (Fsp3) is 0.429. The summed E-state index contributed by atoms with van der Waals surface area (Å²) in [4.78, 5) is 50.4. The first-order chi connectivity index (χ1) is 17.4. The van der Waals surface area contributed by atoms with Crippen LogP contribution in [0.2, 0.25) is 0 Å². The Kier molecular flexibility index (Phi) is 10.0. The van der Waals surface area contributed by atoms with Gasteiger partial charge in [-0.25, -0.2) is 0 Å². The second kappa shape index (κ2) is 13.4. The lowest BCUT2D eigenvalue weighted by Crippen LogP contribution is -2.32. The van der Waals surface area contributed by atoms with E-state index >= 15 is 0 Å². The summed E-state index contributed by atoms with van der Waals surface area (Å²) >= 11 is 0. The van der Waals surface area contributed by atoms with Gasteiger partial charge in [0.05, 0.1) is 0 Å². The van der Waals surface area contributed by atoms with Gasteiger partial charge in [-0.1, -0.05) is 31.7 Å². The predicted molar refractivity (Wildman–Crippen MR) is 139 cm³/mol. The number of amides is 4. The van der Waals surface area contributed by atoms with Crippen molar-refractivity contribution in [2.45, 2.75) is 51.4 Å². The van der Waals surface area contributed by atoms with E-state index in [1.807, 2.05) is 9.80 Å². The maximum absolute atomic E-state index is 12.3. The van der Waals surface area contributed by atoms with Gasteiger partial charge in [0.2, 0.25) is 11.8 Å². The van der Waals surface area contributed by atoms with Crippen LogP contribution in [0, 0.1) is 0 Å². The third-order valence-corrected chi connectivity index (χ3v) is 6.60. The molecule has 0 aromatic heterocycles. The Bertz CT molecular complexity index is 1050. The highest BCUT2D eigenvalue weighted by Crippen LogP contribution is 2.15. The Morgan fingerprint density at radius 2 is 0.889 bits per heavy atom. The lowest BCUT2D eigenvalue weighted by molar-refractivity contribution is 0.0754. The molecular weight excluding hydrogens is 456 g/mol. The Morgan fingerprint density at radius 1 is 0.500 bits per heavy atom. The monoisotopic (exact) mass is 492 g/mol.